The number of hydrogen-bond acceptors (Lipinski definition) is 4. The summed E-state index contributed by atoms with van der Waals surface area (Å²) in [5.74, 6) is 0.00385. The van der Waals surface area contributed by atoms with E-state index in [2.05, 4.69) is 0 Å². The molecule has 0 bridgehead atoms. The summed E-state index contributed by atoms with van der Waals surface area (Å²) < 4.78 is 0. The smallest absolute Gasteiger partial charge is 0.159 e. The lowest BCUT2D eigenvalue weighted by Crippen LogP contribution is -2.00. The lowest BCUT2D eigenvalue weighted by molar-refractivity contribution is -0.108. The number of aldehydes is 2. The van der Waals surface area contributed by atoms with Crippen molar-refractivity contribution < 1.29 is 19.2 Å². The molecule has 0 amide bonds. The Bertz CT molecular complexity index is 1330. The number of hydrogen-bond donors (Lipinski definition) is 0. The largest absolute Gasteiger partial charge is 0.303 e. The molecule has 4 aromatic rings. The molecule has 0 spiro atoms. The van der Waals surface area contributed by atoms with Crippen molar-refractivity contribution in [2.75, 3.05) is 0 Å². The molecule has 4 rings (SSSR count). The van der Waals surface area contributed by atoms with Crippen molar-refractivity contribution in [3.8, 4) is 11.1 Å². The van der Waals surface area contributed by atoms with Crippen LogP contribution in [0.1, 0.15) is 58.5 Å². The van der Waals surface area contributed by atoms with E-state index >= 15 is 0 Å². The minimum Gasteiger partial charge on any atom is -0.303 e. The minimum absolute atomic E-state index is 0.00192. The molecule has 0 atom stereocenters. The maximum atomic E-state index is 12.0. The van der Waals surface area contributed by atoms with Crippen LogP contribution in [0.15, 0.2) is 60.7 Å². The zero-order valence-corrected chi connectivity index (χ0v) is 19.4. The van der Waals surface area contributed by atoms with Crippen LogP contribution in [0.5, 0.6) is 0 Å². The molecule has 4 aromatic carbocycles. The summed E-state index contributed by atoms with van der Waals surface area (Å²) in [6, 6.07) is 19.4. The van der Waals surface area contributed by atoms with E-state index in [1.807, 2.05) is 60.7 Å². The minimum atomic E-state index is 0.00192. The van der Waals surface area contributed by atoms with E-state index in [1.165, 1.54) is 0 Å². The topological polar surface area (TPSA) is 68.3 Å². The Balaban J connectivity index is 2.10. The second kappa shape index (κ2) is 9.92. The standard InChI is InChI=1S/C30H26O4/c1-19(33)23-11-13-27-25(17-23)9-7-21(5-3-15-31)29(27)30-22(6-4-16-32)8-10-26-18-24(20(2)34)12-14-28(26)30/h7-18H,3-6H2,1-2H3. The van der Waals surface area contributed by atoms with Crippen molar-refractivity contribution in [2.45, 2.75) is 39.5 Å². The maximum absolute atomic E-state index is 12.0. The number of aryl methyl sites for hydroxylation is 2. The molecule has 0 saturated heterocycles. The van der Waals surface area contributed by atoms with Crippen LogP contribution in [0.4, 0.5) is 0 Å². The number of benzene rings is 4. The van der Waals surface area contributed by atoms with Gasteiger partial charge >= 0.3 is 0 Å². The Hall–Kier alpha value is -3.92. The highest BCUT2D eigenvalue weighted by molar-refractivity contribution is 6.10. The highest BCUT2D eigenvalue weighted by Crippen LogP contribution is 2.40. The Kier molecular flexibility index (Phi) is 6.78. The van der Waals surface area contributed by atoms with Crippen LogP contribution in [0.3, 0.4) is 0 Å². The average molecular weight is 451 g/mol. The molecule has 0 aliphatic rings. The molecule has 0 aromatic heterocycles. The Morgan fingerprint density at radius 1 is 0.618 bits per heavy atom. The van der Waals surface area contributed by atoms with Crippen molar-refractivity contribution in [1.29, 1.82) is 0 Å². The van der Waals surface area contributed by atoms with Gasteiger partial charge in [0, 0.05) is 24.0 Å². The van der Waals surface area contributed by atoms with Crippen molar-refractivity contribution in [3.63, 3.8) is 0 Å². The quantitative estimate of drug-likeness (QED) is 0.221. The molecule has 0 saturated carbocycles. The molecule has 0 unspecified atom stereocenters. The molecule has 4 heteroatoms. The summed E-state index contributed by atoms with van der Waals surface area (Å²) in [5.41, 5.74) is 5.37. The third-order valence-corrected chi connectivity index (χ3v) is 6.34. The molecule has 34 heavy (non-hydrogen) atoms. The number of carbonyl (C=O) groups is 4. The summed E-state index contributed by atoms with van der Waals surface area (Å²) in [6.07, 6.45) is 3.79. The summed E-state index contributed by atoms with van der Waals surface area (Å²) in [4.78, 5) is 46.4. The highest BCUT2D eigenvalue weighted by atomic mass is 16.1. The summed E-state index contributed by atoms with van der Waals surface area (Å²) in [7, 11) is 0. The Morgan fingerprint density at radius 2 is 1.03 bits per heavy atom. The van der Waals surface area contributed by atoms with Gasteiger partial charge in [-0.1, -0.05) is 48.5 Å². The highest BCUT2D eigenvalue weighted by Gasteiger charge is 2.18. The molecule has 0 N–H and O–H groups in total. The van der Waals surface area contributed by atoms with Gasteiger partial charge in [0.2, 0.25) is 0 Å². The molecule has 0 radical (unpaired) electrons. The predicted octanol–water partition coefficient (Wildman–Crippen LogP) is 6.33. The van der Waals surface area contributed by atoms with E-state index < -0.39 is 0 Å². The molecule has 0 fully saturated rings. The van der Waals surface area contributed by atoms with Crippen LogP contribution in [0, 0.1) is 0 Å². The van der Waals surface area contributed by atoms with Gasteiger partial charge in [0.05, 0.1) is 0 Å². The van der Waals surface area contributed by atoms with E-state index in [1.54, 1.807) is 13.8 Å². The zero-order chi connectivity index (χ0) is 24.2. The van der Waals surface area contributed by atoms with Gasteiger partial charge in [0.15, 0.2) is 11.6 Å². The molecule has 170 valence electrons. The second-order valence-corrected chi connectivity index (χ2v) is 8.59. The van der Waals surface area contributed by atoms with Crippen molar-refractivity contribution in [3.05, 3.63) is 82.9 Å². The van der Waals surface area contributed by atoms with E-state index in [0.717, 1.165) is 56.4 Å². The number of carbonyl (C=O) groups excluding carboxylic acids is 4. The van der Waals surface area contributed by atoms with E-state index in [0.29, 0.717) is 36.8 Å². The van der Waals surface area contributed by atoms with Gasteiger partial charge in [-0.2, -0.15) is 0 Å². The third-order valence-electron chi connectivity index (χ3n) is 6.34. The number of rotatable bonds is 9. The third kappa shape index (κ3) is 4.44. The second-order valence-electron chi connectivity index (χ2n) is 8.59. The van der Waals surface area contributed by atoms with Gasteiger partial charge in [-0.3, -0.25) is 9.59 Å². The Morgan fingerprint density at radius 3 is 1.38 bits per heavy atom. The molecule has 4 nitrogen and oxygen atoms in total. The monoisotopic (exact) mass is 450 g/mol. The van der Waals surface area contributed by atoms with Gasteiger partial charge in [0.25, 0.3) is 0 Å². The number of fused-ring (bicyclic) bond motifs is 2. The normalized spacial score (nSPS) is 11.0. The van der Waals surface area contributed by atoms with Crippen LogP contribution in [0.2, 0.25) is 0 Å². The lowest BCUT2D eigenvalue weighted by Gasteiger charge is -2.19. The van der Waals surface area contributed by atoms with Crippen LogP contribution < -0.4 is 0 Å². The first kappa shape index (κ1) is 23.2. The Labute approximate surface area is 198 Å². The zero-order valence-electron chi connectivity index (χ0n) is 19.4. The molecule has 0 aliphatic carbocycles. The maximum Gasteiger partial charge on any atom is 0.159 e. The molecular formula is C30H26O4. The fourth-order valence-corrected chi connectivity index (χ4v) is 4.62. The van der Waals surface area contributed by atoms with E-state index in [9.17, 15) is 19.2 Å². The fraction of sp³-hybridized carbons (Fsp3) is 0.200. The first-order valence-electron chi connectivity index (χ1n) is 11.5. The van der Waals surface area contributed by atoms with E-state index in [-0.39, 0.29) is 11.6 Å². The molecular weight excluding hydrogens is 424 g/mol. The lowest BCUT2D eigenvalue weighted by atomic mass is 9.84. The number of ketones is 2. The van der Waals surface area contributed by atoms with Gasteiger partial charge in [-0.25, -0.2) is 0 Å². The van der Waals surface area contributed by atoms with Crippen LogP contribution in [-0.2, 0) is 22.4 Å². The van der Waals surface area contributed by atoms with Gasteiger partial charge in [0.1, 0.15) is 12.6 Å². The summed E-state index contributed by atoms with van der Waals surface area (Å²) in [6.45, 7) is 3.10. The molecule has 0 heterocycles. The van der Waals surface area contributed by atoms with Crippen LogP contribution >= 0.6 is 0 Å². The number of Topliss-reactive ketones (excluding diaryl/α,β-unsaturated/α-hetero) is 2. The van der Waals surface area contributed by atoms with Crippen molar-refractivity contribution in [2.24, 2.45) is 0 Å². The van der Waals surface area contributed by atoms with Crippen molar-refractivity contribution in [1.82, 2.24) is 0 Å². The first-order chi connectivity index (χ1) is 16.4. The van der Waals surface area contributed by atoms with Crippen LogP contribution in [-0.4, -0.2) is 24.1 Å². The SMILES string of the molecule is CC(=O)c1ccc2c(-c3c(CCC=O)ccc4cc(C(C)=O)ccc34)c(CCC=O)ccc2c1. The van der Waals surface area contributed by atoms with Crippen molar-refractivity contribution >= 4 is 45.7 Å². The average Bonchev–Trinajstić information content (AvgIpc) is 2.84. The van der Waals surface area contributed by atoms with Gasteiger partial charge in [-0.05, 0) is 82.6 Å². The summed E-state index contributed by atoms with van der Waals surface area (Å²) >= 11 is 0. The van der Waals surface area contributed by atoms with E-state index in [4.69, 9.17) is 0 Å². The summed E-state index contributed by atoms with van der Waals surface area (Å²) in [5, 5.41) is 3.86. The fourth-order valence-electron chi connectivity index (χ4n) is 4.62. The van der Waals surface area contributed by atoms with Gasteiger partial charge < -0.3 is 9.59 Å². The van der Waals surface area contributed by atoms with Gasteiger partial charge in [-0.15, -0.1) is 0 Å². The first-order valence-corrected chi connectivity index (χ1v) is 11.5. The van der Waals surface area contributed by atoms with Crippen LogP contribution in [0.25, 0.3) is 32.7 Å². The molecule has 0 aliphatic heterocycles. The predicted molar refractivity (Wildman–Crippen MR) is 136 cm³/mol.